The third kappa shape index (κ3) is 8.33. The number of rotatable bonds is 10. The van der Waals surface area contributed by atoms with Crippen molar-refractivity contribution in [2.45, 2.75) is 32.7 Å². The van der Waals surface area contributed by atoms with Crippen LogP contribution in [0.15, 0.2) is 24.3 Å². The zero-order chi connectivity index (χ0) is 14.8. The average molecular weight is 301 g/mol. The molecule has 0 spiro atoms. The van der Waals surface area contributed by atoms with Gasteiger partial charge in [-0.25, -0.2) is 0 Å². The molecular formula is C14H24NO4P. The van der Waals surface area contributed by atoms with E-state index in [-0.39, 0.29) is 6.16 Å². The Hall–Kier alpha value is -0.870. The van der Waals surface area contributed by atoms with Crippen LogP contribution in [0.2, 0.25) is 0 Å². The van der Waals surface area contributed by atoms with Crippen molar-refractivity contribution in [3.8, 4) is 5.75 Å². The number of hydrogen-bond acceptors (Lipinski definition) is 3. The Bertz CT molecular complexity index is 416. The van der Waals surface area contributed by atoms with Crippen molar-refractivity contribution >= 4 is 7.60 Å². The van der Waals surface area contributed by atoms with Crippen LogP contribution in [0, 0.1) is 0 Å². The SMILES string of the molecule is CCCCOc1ccc(CNCCCP(=O)(O)O)cc1. The maximum absolute atomic E-state index is 10.7. The van der Waals surface area contributed by atoms with Crippen molar-refractivity contribution < 1.29 is 19.1 Å². The van der Waals surface area contributed by atoms with Crippen molar-refractivity contribution in [2.75, 3.05) is 19.3 Å². The fraction of sp³-hybridized carbons (Fsp3) is 0.571. The molecule has 114 valence electrons. The fourth-order valence-corrected chi connectivity index (χ4v) is 2.25. The molecule has 0 aromatic heterocycles. The third-order valence-corrected chi connectivity index (χ3v) is 3.72. The van der Waals surface area contributed by atoms with Crippen LogP contribution < -0.4 is 10.1 Å². The molecule has 0 amide bonds. The Morgan fingerprint density at radius 2 is 1.90 bits per heavy atom. The standard InChI is InChI=1S/C14H24NO4P/c1-2-3-10-19-14-7-5-13(6-8-14)12-15-9-4-11-20(16,17)18/h5-8,15H,2-4,9-12H2,1H3,(H2,16,17,18). The Labute approximate surface area is 120 Å². The predicted octanol–water partition coefficient (Wildman–Crippen LogP) is 2.52. The highest BCUT2D eigenvalue weighted by Gasteiger charge is 2.10. The Balaban J connectivity index is 2.19. The first-order chi connectivity index (χ1) is 9.51. The topological polar surface area (TPSA) is 78.8 Å². The zero-order valence-electron chi connectivity index (χ0n) is 11.9. The van der Waals surface area contributed by atoms with E-state index in [4.69, 9.17) is 14.5 Å². The van der Waals surface area contributed by atoms with E-state index in [1.165, 1.54) is 0 Å². The van der Waals surface area contributed by atoms with Gasteiger partial charge >= 0.3 is 7.60 Å². The molecule has 0 heterocycles. The first-order valence-corrected chi connectivity index (χ1v) is 8.78. The summed E-state index contributed by atoms with van der Waals surface area (Å²) in [4.78, 5) is 17.4. The molecule has 0 atom stereocenters. The molecule has 0 radical (unpaired) electrons. The van der Waals surface area contributed by atoms with Gasteiger partial charge in [0.1, 0.15) is 5.75 Å². The third-order valence-electron chi connectivity index (χ3n) is 2.82. The number of ether oxygens (including phenoxy) is 1. The van der Waals surface area contributed by atoms with Gasteiger partial charge in [-0.1, -0.05) is 25.5 Å². The first kappa shape index (κ1) is 17.2. The van der Waals surface area contributed by atoms with Gasteiger partial charge in [0.15, 0.2) is 0 Å². The van der Waals surface area contributed by atoms with Gasteiger partial charge in [0.2, 0.25) is 0 Å². The van der Waals surface area contributed by atoms with E-state index in [0.29, 0.717) is 19.5 Å². The van der Waals surface area contributed by atoms with Crippen LogP contribution in [0.5, 0.6) is 5.75 Å². The molecular weight excluding hydrogens is 277 g/mol. The number of hydrogen-bond donors (Lipinski definition) is 3. The molecule has 20 heavy (non-hydrogen) atoms. The minimum absolute atomic E-state index is 0.0653. The maximum Gasteiger partial charge on any atom is 0.325 e. The summed E-state index contributed by atoms with van der Waals surface area (Å²) in [7, 11) is -3.85. The molecule has 3 N–H and O–H groups in total. The van der Waals surface area contributed by atoms with Gasteiger partial charge in [-0.05, 0) is 37.1 Å². The molecule has 0 saturated carbocycles. The largest absolute Gasteiger partial charge is 0.494 e. The minimum Gasteiger partial charge on any atom is -0.494 e. The normalized spacial score (nSPS) is 11.6. The average Bonchev–Trinajstić information content (AvgIpc) is 2.39. The van der Waals surface area contributed by atoms with E-state index in [0.717, 1.165) is 30.8 Å². The van der Waals surface area contributed by atoms with Crippen LogP contribution >= 0.6 is 7.60 Å². The summed E-state index contributed by atoms with van der Waals surface area (Å²) < 4.78 is 16.2. The molecule has 0 unspecified atom stereocenters. The lowest BCUT2D eigenvalue weighted by Gasteiger charge is -2.08. The summed E-state index contributed by atoms with van der Waals surface area (Å²) in [5, 5.41) is 3.16. The molecule has 1 rings (SSSR count). The zero-order valence-corrected chi connectivity index (χ0v) is 12.8. The van der Waals surface area contributed by atoms with E-state index in [2.05, 4.69) is 12.2 Å². The molecule has 0 aliphatic rings. The Kier molecular flexibility index (Phi) is 7.85. The summed E-state index contributed by atoms with van der Waals surface area (Å²) in [5.41, 5.74) is 1.13. The second kappa shape index (κ2) is 9.14. The van der Waals surface area contributed by atoms with Gasteiger partial charge < -0.3 is 19.8 Å². The van der Waals surface area contributed by atoms with Crippen LogP contribution in [0.25, 0.3) is 0 Å². The highest BCUT2D eigenvalue weighted by Crippen LogP contribution is 2.34. The van der Waals surface area contributed by atoms with E-state index < -0.39 is 7.60 Å². The van der Waals surface area contributed by atoms with Crippen molar-refractivity contribution in [1.82, 2.24) is 5.32 Å². The van der Waals surface area contributed by atoms with Crippen LogP contribution in [0.4, 0.5) is 0 Å². The maximum atomic E-state index is 10.7. The van der Waals surface area contributed by atoms with Gasteiger partial charge in [0.05, 0.1) is 12.8 Å². The van der Waals surface area contributed by atoms with Gasteiger partial charge in [-0.3, -0.25) is 4.57 Å². The summed E-state index contributed by atoms with van der Waals surface area (Å²) in [5.74, 6) is 0.878. The van der Waals surface area contributed by atoms with Gasteiger partial charge in [-0.2, -0.15) is 0 Å². The number of unbranched alkanes of at least 4 members (excludes halogenated alkanes) is 1. The smallest absolute Gasteiger partial charge is 0.325 e. The number of nitrogens with one attached hydrogen (secondary N) is 1. The second-order valence-electron chi connectivity index (χ2n) is 4.76. The monoisotopic (exact) mass is 301 g/mol. The van der Waals surface area contributed by atoms with Gasteiger partial charge in [-0.15, -0.1) is 0 Å². The Morgan fingerprint density at radius 1 is 1.20 bits per heavy atom. The molecule has 0 aliphatic heterocycles. The summed E-state index contributed by atoms with van der Waals surface area (Å²) in [6.07, 6.45) is 2.59. The van der Waals surface area contributed by atoms with E-state index >= 15 is 0 Å². The van der Waals surface area contributed by atoms with E-state index in [1.807, 2.05) is 24.3 Å². The lowest BCUT2D eigenvalue weighted by atomic mass is 10.2. The minimum atomic E-state index is -3.85. The number of benzene rings is 1. The van der Waals surface area contributed by atoms with Crippen LogP contribution in [-0.2, 0) is 11.1 Å². The van der Waals surface area contributed by atoms with Crippen molar-refractivity contribution in [3.63, 3.8) is 0 Å². The lowest BCUT2D eigenvalue weighted by Crippen LogP contribution is -2.15. The van der Waals surface area contributed by atoms with Crippen LogP contribution in [0.1, 0.15) is 31.7 Å². The second-order valence-corrected chi connectivity index (χ2v) is 6.54. The summed E-state index contributed by atoms with van der Waals surface area (Å²) >= 11 is 0. The molecule has 0 aliphatic carbocycles. The van der Waals surface area contributed by atoms with E-state index in [9.17, 15) is 4.57 Å². The molecule has 0 fully saturated rings. The van der Waals surface area contributed by atoms with Gasteiger partial charge in [0.25, 0.3) is 0 Å². The molecule has 0 saturated heterocycles. The molecule has 0 bridgehead atoms. The first-order valence-electron chi connectivity index (χ1n) is 6.98. The highest BCUT2D eigenvalue weighted by molar-refractivity contribution is 7.51. The molecule has 1 aromatic rings. The predicted molar refractivity (Wildman–Crippen MR) is 80.1 cm³/mol. The Morgan fingerprint density at radius 3 is 2.50 bits per heavy atom. The lowest BCUT2D eigenvalue weighted by molar-refractivity contribution is 0.309. The molecule has 6 heteroatoms. The van der Waals surface area contributed by atoms with Crippen LogP contribution in [-0.4, -0.2) is 29.1 Å². The van der Waals surface area contributed by atoms with Crippen molar-refractivity contribution in [1.29, 1.82) is 0 Å². The van der Waals surface area contributed by atoms with Crippen molar-refractivity contribution in [2.24, 2.45) is 0 Å². The van der Waals surface area contributed by atoms with Gasteiger partial charge in [0, 0.05) is 6.54 Å². The summed E-state index contributed by atoms with van der Waals surface area (Å²) in [6.45, 7) is 4.16. The summed E-state index contributed by atoms with van der Waals surface area (Å²) in [6, 6.07) is 7.89. The molecule has 1 aromatic carbocycles. The van der Waals surface area contributed by atoms with E-state index in [1.54, 1.807) is 0 Å². The van der Waals surface area contributed by atoms with Crippen molar-refractivity contribution in [3.05, 3.63) is 29.8 Å². The highest BCUT2D eigenvalue weighted by atomic mass is 31.2. The fourth-order valence-electron chi connectivity index (χ4n) is 1.68. The molecule has 5 nitrogen and oxygen atoms in total. The quantitative estimate of drug-likeness (QED) is 0.457. The van der Waals surface area contributed by atoms with Crippen LogP contribution in [0.3, 0.4) is 0 Å².